The van der Waals surface area contributed by atoms with Crippen LogP contribution in [0.5, 0.6) is 5.75 Å². The molecule has 47 heavy (non-hydrogen) atoms. The number of rotatable bonds is 11. The lowest BCUT2D eigenvalue weighted by molar-refractivity contribution is -0.144. The number of thiophene rings is 1. The minimum absolute atomic E-state index is 0.178. The van der Waals surface area contributed by atoms with Crippen LogP contribution in [0.1, 0.15) is 70.6 Å². The Morgan fingerprint density at radius 3 is 2.40 bits per heavy atom. The third-order valence-electron chi connectivity index (χ3n) is 8.59. The number of nitrogens with one attached hydrogen (secondary N) is 1. The van der Waals surface area contributed by atoms with Crippen molar-refractivity contribution in [2.75, 3.05) is 7.11 Å². The molecule has 5 rings (SSSR count). The summed E-state index contributed by atoms with van der Waals surface area (Å²) in [7, 11) is 1.44. The Morgan fingerprint density at radius 1 is 1.15 bits per heavy atom. The monoisotopic (exact) mass is 670 g/mol. The molecule has 0 spiro atoms. The Hall–Kier alpha value is -4.37. The summed E-state index contributed by atoms with van der Waals surface area (Å²) in [4.78, 5) is 55.5. The minimum Gasteiger partial charge on any atom is -0.496 e. The van der Waals surface area contributed by atoms with Crippen molar-refractivity contribution in [1.82, 2.24) is 29.4 Å². The fourth-order valence-corrected chi connectivity index (χ4v) is 7.28. The lowest BCUT2D eigenvalue weighted by atomic mass is 9.87. The first-order valence-electron chi connectivity index (χ1n) is 15.4. The number of fused-ring (bicyclic) bond motifs is 1. The molecule has 4 aromatic rings. The molecule has 3 heterocycles. The van der Waals surface area contributed by atoms with Gasteiger partial charge in [0.05, 0.1) is 43.5 Å². The Bertz CT molecular complexity index is 1910. The van der Waals surface area contributed by atoms with Gasteiger partial charge in [0.1, 0.15) is 33.0 Å². The number of carbonyl (C=O) groups is 2. The number of ether oxygens (including phenoxy) is 2. The first-order chi connectivity index (χ1) is 22.2. The maximum absolute atomic E-state index is 14.8. The summed E-state index contributed by atoms with van der Waals surface area (Å²) in [6, 6.07) is 3.75. The van der Waals surface area contributed by atoms with Crippen LogP contribution in [0.3, 0.4) is 0 Å². The van der Waals surface area contributed by atoms with E-state index in [1.807, 2.05) is 0 Å². The topological polar surface area (TPSA) is 160 Å². The van der Waals surface area contributed by atoms with Crippen LogP contribution in [0.4, 0.5) is 4.39 Å². The molecule has 2 N–H and O–H groups in total. The Balaban J connectivity index is 1.72. The van der Waals surface area contributed by atoms with E-state index in [4.69, 9.17) is 9.47 Å². The van der Waals surface area contributed by atoms with Crippen LogP contribution in [0.25, 0.3) is 15.2 Å². The number of carboxylic acid groups (broad SMARTS) is 1. The van der Waals surface area contributed by atoms with Gasteiger partial charge in [0.15, 0.2) is 0 Å². The van der Waals surface area contributed by atoms with Crippen molar-refractivity contribution in [1.29, 1.82) is 0 Å². The zero-order chi connectivity index (χ0) is 34.2. The van der Waals surface area contributed by atoms with Crippen molar-refractivity contribution < 1.29 is 28.6 Å². The highest BCUT2D eigenvalue weighted by molar-refractivity contribution is 7.21. The van der Waals surface area contributed by atoms with Gasteiger partial charge < -0.3 is 19.9 Å². The van der Waals surface area contributed by atoms with Gasteiger partial charge in [0.25, 0.3) is 5.56 Å². The van der Waals surface area contributed by atoms with Crippen LogP contribution in [0.15, 0.2) is 40.2 Å². The van der Waals surface area contributed by atoms with Crippen LogP contribution in [-0.2, 0) is 26.4 Å². The molecule has 252 valence electrons. The number of benzene rings is 1. The second-order valence-electron chi connectivity index (χ2n) is 12.6. The Labute approximate surface area is 273 Å². The third kappa shape index (κ3) is 6.59. The molecule has 1 amide bonds. The summed E-state index contributed by atoms with van der Waals surface area (Å²) in [5.74, 6) is -2.08. The first-order valence-corrected chi connectivity index (χ1v) is 16.2. The Kier molecular flexibility index (Phi) is 9.68. The summed E-state index contributed by atoms with van der Waals surface area (Å²) >= 11 is 1.14. The molecule has 0 radical (unpaired) electrons. The number of carboxylic acids is 1. The standard InChI is InChI=1S/C32H39FN6O7S/c1-17(2)36-30(43)32(4,5)38-26(40)25-18(3)27(39-34-13-14-35-39)47-28(25)37(31(38)44)16-24(22-15-20(33)9-12-23(22)45-6)46-21-10-7-19(8-11-21)29(41)42/h9,12-15,17,19,21,24H,7-8,10-11,16H2,1-6H3,(H,36,43)(H,41,42)/t19?,21?,24-/m0/s1. The Morgan fingerprint density at radius 2 is 1.81 bits per heavy atom. The number of aromatic nitrogens is 5. The largest absolute Gasteiger partial charge is 0.496 e. The lowest BCUT2D eigenvalue weighted by Gasteiger charge is -2.32. The first kappa shape index (κ1) is 34.0. The SMILES string of the molecule is COc1ccc(F)cc1[C@H](Cn1c(=O)n(C(C)(C)C(=O)NC(C)C)c(=O)c2c(C)c(-n3nccn3)sc21)OC1CCC(C(=O)O)CC1. The number of amides is 1. The summed E-state index contributed by atoms with van der Waals surface area (Å²) in [5, 5.41) is 21.5. The van der Waals surface area contributed by atoms with Crippen molar-refractivity contribution in [2.45, 2.75) is 90.6 Å². The van der Waals surface area contributed by atoms with E-state index in [2.05, 4.69) is 15.5 Å². The summed E-state index contributed by atoms with van der Waals surface area (Å²) in [6.07, 6.45) is 3.36. The second-order valence-corrected chi connectivity index (χ2v) is 13.6. The van der Waals surface area contributed by atoms with Crippen LogP contribution in [0, 0.1) is 18.7 Å². The molecule has 0 saturated heterocycles. The van der Waals surface area contributed by atoms with Crippen molar-refractivity contribution >= 4 is 33.4 Å². The number of hydrogen-bond donors (Lipinski definition) is 2. The molecule has 0 aliphatic heterocycles. The molecule has 15 heteroatoms. The van der Waals surface area contributed by atoms with Crippen LogP contribution < -0.4 is 21.3 Å². The number of carbonyl (C=O) groups excluding carboxylic acids is 1. The average Bonchev–Trinajstić information content (AvgIpc) is 3.66. The van der Waals surface area contributed by atoms with Gasteiger partial charge in [-0.1, -0.05) is 11.3 Å². The van der Waals surface area contributed by atoms with Gasteiger partial charge in [-0.2, -0.15) is 10.2 Å². The molecule has 1 atom stereocenters. The predicted octanol–water partition coefficient (Wildman–Crippen LogP) is 3.92. The maximum atomic E-state index is 14.8. The molecule has 13 nitrogen and oxygen atoms in total. The maximum Gasteiger partial charge on any atom is 0.333 e. The van der Waals surface area contributed by atoms with Crippen molar-refractivity contribution in [3.63, 3.8) is 0 Å². The van der Waals surface area contributed by atoms with Crippen LogP contribution in [0.2, 0.25) is 0 Å². The second kappa shape index (κ2) is 13.4. The molecule has 1 aliphatic carbocycles. The van der Waals surface area contributed by atoms with E-state index < -0.39 is 46.5 Å². The van der Waals surface area contributed by atoms with E-state index in [1.54, 1.807) is 20.8 Å². The zero-order valence-corrected chi connectivity index (χ0v) is 28.0. The van der Waals surface area contributed by atoms with Crippen molar-refractivity contribution in [3.05, 3.63) is 68.4 Å². The summed E-state index contributed by atoms with van der Waals surface area (Å²) in [6.45, 7) is 8.12. The van der Waals surface area contributed by atoms with Crippen molar-refractivity contribution in [3.8, 4) is 10.8 Å². The van der Waals surface area contributed by atoms with E-state index >= 15 is 0 Å². The quantitative estimate of drug-likeness (QED) is 0.241. The van der Waals surface area contributed by atoms with E-state index in [1.165, 1.54) is 60.9 Å². The number of hydrogen-bond acceptors (Lipinski definition) is 9. The number of halogens is 1. The molecule has 1 aromatic carbocycles. The highest BCUT2D eigenvalue weighted by Gasteiger charge is 2.37. The molecule has 0 unspecified atom stereocenters. The van der Waals surface area contributed by atoms with E-state index in [0.29, 0.717) is 52.4 Å². The predicted molar refractivity (Wildman–Crippen MR) is 173 cm³/mol. The molecular formula is C32H39FN6O7S. The van der Waals surface area contributed by atoms with Crippen LogP contribution in [-0.4, -0.2) is 60.4 Å². The lowest BCUT2D eigenvalue weighted by Crippen LogP contribution is -2.56. The van der Waals surface area contributed by atoms with Gasteiger partial charge >= 0.3 is 11.7 Å². The van der Waals surface area contributed by atoms with E-state index in [-0.39, 0.29) is 24.1 Å². The minimum atomic E-state index is -1.60. The third-order valence-corrected chi connectivity index (χ3v) is 9.87. The zero-order valence-electron chi connectivity index (χ0n) is 27.2. The molecule has 3 aromatic heterocycles. The van der Waals surface area contributed by atoms with Gasteiger partial charge in [0.2, 0.25) is 5.91 Å². The van der Waals surface area contributed by atoms with Gasteiger partial charge in [-0.25, -0.2) is 13.8 Å². The molecule has 1 aliphatic rings. The smallest absolute Gasteiger partial charge is 0.333 e. The van der Waals surface area contributed by atoms with Gasteiger partial charge in [0, 0.05) is 17.2 Å². The van der Waals surface area contributed by atoms with Crippen LogP contribution >= 0.6 is 11.3 Å². The highest BCUT2D eigenvalue weighted by Crippen LogP contribution is 2.37. The summed E-state index contributed by atoms with van der Waals surface area (Å²) in [5.41, 5.74) is -2.16. The molecule has 1 saturated carbocycles. The average molecular weight is 671 g/mol. The molecule has 1 fully saturated rings. The normalized spacial score (nSPS) is 17.6. The van der Waals surface area contributed by atoms with E-state index in [0.717, 1.165) is 15.9 Å². The number of methoxy groups -OCH3 is 1. The van der Waals surface area contributed by atoms with Gasteiger partial charge in [-0.3, -0.25) is 19.0 Å². The van der Waals surface area contributed by atoms with Gasteiger partial charge in [-0.15, -0.1) is 4.80 Å². The molecular weight excluding hydrogens is 631 g/mol. The summed E-state index contributed by atoms with van der Waals surface area (Å²) < 4.78 is 29.3. The van der Waals surface area contributed by atoms with Gasteiger partial charge in [-0.05, 0) is 78.5 Å². The number of aryl methyl sites for hydroxylation is 1. The fraction of sp³-hybridized carbons (Fsp3) is 0.500. The van der Waals surface area contributed by atoms with E-state index in [9.17, 15) is 28.7 Å². The highest BCUT2D eigenvalue weighted by atomic mass is 32.1. The fourth-order valence-electron chi connectivity index (χ4n) is 6.06. The number of aliphatic carboxylic acids is 1. The van der Waals surface area contributed by atoms with Crippen molar-refractivity contribution in [2.24, 2.45) is 5.92 Å². The number of nitrogens with zero attached hydrogens (tertiary/aromatic N) is 5. The molecule has 0 bridgehead atoms.